The van der Waals surface area contributed by atoms with Crippen LogP contribution >= 0.6 is 0 Å². The standard InChI is InChI=1S/C20H18O3/c1-22-16-8-5-7-15(10-12-16)19(21)18-13-11-14-6-3-4-9-17(14)20(18)23-2/h3-7,9-13H,8H2,1-2H3. The first-order valence-electron chi connectivity index (χ1n) is 7.46. The largest absolute Gasteiger partial charge is 0.501 e. The maximum absolute atomic E-state index is 12.9. The van der Waals surface area contributed by atoms with Gasteiger partial charge < -0.3 is 9.47 Å². The molecule has 3 nitrogen and oxygen atoms in total. The van der Waals surface area contributed by atoms with Crippen molar-refractivity contribution in [2.45, 2.75) is 6.42 Å². The zero-order valence-corrected chi connectivity index (χ0v) is 13.2. The van der Waals surface area contributed by atoms with Crippen LogP contribution in [0.2, 0.25) is 0 Å². The Bertz CT molecular complexity index is 841. The highest BCUT2D eigenvalue weighted by Gasteiger charge is 2.18. The molecule has 0 unspecified atom stereocenters. The van der Waals surface area contributed by atoms with Gasteiger partial charge in [-0.05, 0) is 23.6 Å². The maximum Gasteiger partial charge on any atom is 0.196 e. The number of hydrogen-bond acceptors (Lipinski definition) is 3. The molecule has 0 amide bonds. The summed E-state index contributed by atoms with van der Waals surface area (Å²) in [6, 6.07) is 11.6. The summed E-state index contributed by atoms with van der Waals surface area (Å²) in [5.41, 5.74) is 1.18. The summed E-state index contributed by atoms with van der Waals surface area (Å²) in [6.45, 7) is 0. The average molecular weight is 306 g/mol. The van der Waals surface area contributed by atoms with Crippen molar-refractivity contribution in [3.05, 3.63) is 77.6 Å². The van der Waals surface area contributed by atoms with Crippen LogP contribution < -0.4 is 4.74 Å². The third kappa shape index (κ3) is 2.90. The molecule has 0 N–H and O–H groups in total. The monoisotopic (exact) mass is 306 g/mol. The predicted octanol–water partition coefficient (Wildman–Crippen LogP) is 4.45. The van der Waals surface area contributed by atoms with Crippen molar-refractivity contribution < 1.29 is 14.3 Å². The Labute approximate surface area is 135 Å². The predicted molar refractivity (Wildman–Crippen MR) is 91.8 cm³/mol. The van der Waals surface area contributed by atoms with Crippen LogP contribution in [0, 0.1) is 0 Å². The lowest BCUT2D eigenvalue weighted by atomic mass is 9.98. The van der Waals surface area contributed by atoms with Crippen LogP contribution in [-0.4, -0.2) is 20.0 Å². The molecule has 0 atom stereocenters. The molecule has 0 aliphatic heterocycles. The summed E-state index contributed by atoms with van der Waals surface area (Å²) in [4.78, 5) is 12.9. The van der Waals surface area contributed by atoms with Gasteiger partial charge in [0, 0.05) is 17.4 Å². The number of rotatable bonds is 4. The molecular weight excluding hydrogens is 288 g/mol. The Hall–Kier alpha value is -2.81. The molecule has 2 aromatic rings. The second-order valence-corrected chi connectivity index (χ2v) is 5.26. The number of ketones is 1. The molecule has 0 saturated heterocycles. The van der Waals surface area contributed by atoms with E-state index < -0.39 is 0 Å². The molecule has 0 aromatic heterocycles. The fraction of sp³-hybridized carbons (Fsp3) is 0.150. The van der Waals surface area contributed by atoms with Crippen LogP contribution in [0.5, 0.6) is 5.75 Å². The van der Waals surface area contributed by atoms with Crippen molar-refractivity contribution >= 4 is 16.6 Å². The van der Waals surface area contributed by atoms with Gasteiger partial charge >= 0.3 is 0 Å². The van der Waals surface area contributed by atoms with Gasteiger partial charge in [-0.15, -0.1) is 0 Å². The Morgan fingerprint density at radius 2 is 1.83 bits per heavy atom. The highest BCUT2D eigenvalue weighted by molar-refractivity contribution is 6.15. The van der Waals surface area contributed by atoms with E-state index in [1.165, 1.54) is 0 Å². The molecule has 0 radical (unpaired) electrons. The quantitative estimate of drug-likeness (QED) is 0.783. The van der Waals surface area contributed by atoms with Gasteiger partial charge in [0.1, 0.15) is 5.75 Å². The van der Waals surface area contributed by atoms with E-state index in [9.17, 15) is 4.79 Å². The van der Waals surface area contributed by atoms with E-state index in [0.717, 1.165) is 16.5 Å². The van der Waals surface area contributed by atoms with E-state index in [0.29, 0.717) is 23.3 Å². The van der Waals surface area contributed by atoms with Crippen LogP contribution in [0.1, 0.15) is 16.8 Å². The lowest BCUT2D eigenvalue weighted by Gasteiger charge is -2.11. The molecule has 0 bridgehead atoms. The van der Waals surface area contributed by atoms with E-state index in [1.807, 2.05) is 54.6 Å². The number of carbonyl (C=O) groups excluding carboxylic acids is 1. The first-order chi connectivity index (χ1) is 11.2. The summed E-state index contributed by atoms with van der Waals surface area (Å²) in [7, 11) is 3.23. The van der Waals surface area contributed by atoms with E-state index in [1.54, 1.807) is 20.3 Å². The first-order valence-corrected chi connectivity index (χ1v) is 7.46. The minimum atomic E-state index is -0.0579. The smallest absolute Gasteiger partial charge is 0.196 e. The van der Waals surface area contributed by atoms with Crippen molar-refractivity contribution in [2.24, 2.45) is 0 Å². The molecule has 116 valence electrons. The van der Waals surface area contributed by atoms with Crippen LogP contribution in [0.25, 0.3) is 10.8 Å². The fourth-order valence-corrected chi connectivity index (χ4v) is 2.71. The van der Waals surface area contributed by atoms with Gasteiger partial charge in [-0.1, -0.05) is 42.5 Å². The zero-order valence-electron chi connectivity index (χ0n) is 13.2. The summed E-state index contributed by atoms with van der Waals surface area (Å²) < 4.78 is 10.8. The molecule has 0 spiro atoms. The average Bonchev–Trinajstić information content (AvgIpc) is 2.85. The molecule has 0 heterocycles. The summed E-state index contributed by atoms with van der Waals surface area (Å²) in [5, 5.41) is 1.99. The summed E-state index contributed by atoms with van der Waals surface area (Å²) in [5.74, 6) is 1.38. The number of benzene rings is 2. The second kappa shape index (κ2) is 6.53. The number of hydrogen-bond donors (Lipinski definition) is 0. The Morgan fingerprint density at radius 1 is 1.00 bits per heavy atom. The second-order valence-electron chi connectivity index (χ2n) is 5.26. The van der Waals surface area contributed by atoms with E-state index in [4.69, 9.17) is 9.47 Å². The van der Waals surface area contributed by atoms with Gasteiger partial charge in [0.25, 0.3) is 0 Å². The van der Waals surface area contributed by atoms with Crippen LogP contribution in [-0.2, 0) is 4.74 Å². The molecule has 2 aromatic carbocycles. The van der Waals surface area contributed by atoms with E-state index in [-0.39, 0.29) is 5.78 Å². The Kier molecular flexibility index (Phi) is 4.29. The summed E-state index contributed by atoms with van der Waals surface area (Å²) >= 11 is 0. The van der Waals surface area contributed by atoms with Crippen molar-refractivity contribution in [1.29, 1.82) is 0 Å². The molecular formula is C20H18O3. The molecule has 0 saturated carbocycles. The SMILES string of the molecule is COC1=CC=C(C(=O)c2ccc3ccccc3c2OC)C=CC1. The van der Waals surface area contributed by atoms with Crippen LogP contribution in [0.4, 0.5) is 0 Å². The maximum atomic E-state index is 12.9. The zero-order chi connectivity index (χ0) is 16.2. The number of ether oxygens (including phenoxy) is 2. The Balaban J connectivity index is 2.08. The molecule has 3 heteroatoms. The van der Waals surface area contributed by atoms with E-state index >= 15 is 0 Å². The van der Waals surface area contributed by atoms with Gasteiger partial charge in [0.05, 0.1) is 25.5 Å². The lowest BCUT2D eigenvalue weighted by Crippen LogP contribution is -2.04. The number of allylic oxidation sites excluding steroid dienone is 5. The minimum Gasteiger partial charge on any atom is -0.501 e. The topological polar surface area (TPSA) is 35.5 Å². The van der Waals surface area contributed by atoms with Crippen molar-refractivity contribution in [3.63, 3.8) is 0 Å². The third-order valence-corrected chi connectivity index (χ3v) is 3.92. The fourth-order valence-electron chi connectivity index (χ4n) is 2.71. The lowest BCUT2D eigenvalue weighted by molar-refractivity contribution is 0.103. The Morgan fingerprint density at radius 3 is 2.61 bits per heavy atom. The number of methoxy groups -OCH3 is 2. The van der Waals surface area contributed by atoms with E-state index in [2.05, 4.69) is 0 Å². The van der Waals surface area contributed by atoms with Gasteiger partial charge in [-0.2, -0.15) is 0 Å². The third-order valence-electron chi connectivity index (χ3n) is 3.92. The van der Waals surface area contributed by atoms with Crippen molar-refractivity contribution in [2.75, 3.05) is 14.2 Å². The molecule has 23 heavy (non-hydrogen) atoms. The van der Waals surface area contributed by atoms with Gasteiger partial charge in [-0.25, -0.2) is 0 Å². The van der Waals surface area contributed by atoms with Gasteiger partial charge in [-0.3, -0.25) is 4.79 Å². The van der Waals surface area contributed by atoms with Crippen LogP contribution in [0.3, 0.4) is 0 Å². The van der Waals surface area contributed by atoms with Crippen molar-refractivity contribution in [3.8, 4) is 5.75 Å². The first kappa shape index (κ1) is 15.1. The van der Waals surface area contributed by atoms with Gasteiger partial charge in [0.15, 0.2) is 5.78 Å². The molecule has 1 aliphatic rings. The number of carbonyl (C=O) groups is 1. The normalized spacial score (nSPS) is 14.0. The number of fused-ring (bicyclic) bond motifs is 1. The number of Topliss-reactive ketones (excluding diaryl/α,β-unsaturated/α-hetero) is 1. The molecule has 1 aliphatic carbocycles. The molecule has 3 rings (SSSR count). The molecule has 0 fully saturated rings. The highest BCUT2D eigenvalue weighted by Crippen LogP contribution is 2.31. The summed E-state index contributed by atoms with van der Waals surface area (Å²) in [6.07, 6.45) is 8.07. The highest BCUT2D eigenvalue weighted by atomic mass is 16.5. The van der Waals surface area contributed by atoms with Crippen LogP contribution in [0.15, 0.2) is 72.0 Å². The van der Waals surface area contributed by atoms with Crippen molar-refractivity contribution in [1.82, 2.24) is 0 Å². The minimum absolute atomic E-state index is 0.0579. The van der Waals surface area contributed by atoms with Gasteiger partial charge in [0.2, 0.25) is 0 Å².